The normalized spacial score (nSPS) is 11.5. The Morgan fingerprint density at radius 2 is 1.89 bits per heavy atom. The van der Waals surface area contributed by atoms with Crippen LogP contribution in [0.2, 0.25) is 0 Å². The first-order valence-corrected chi connectivity index (χ1v) is 5.33. The molecule has 1 aromatic rings. The van der Waals surface area contributed by atoms with Gasteiger partial charge in [0.15, 0.2) is 5.71 Å². The standard InChI is InChI=1S/C12H16N4O2.V/c1-8(15-13)9-6-4-5-7-10(9)11(16-18-3)12(17)14-2;/h4-7H,13H2,1-3H3,(H,14,17);/b15-8+,16-11+;. The fraction of sp³-hybridized carbons (Fsp3) is 0.250. The number of amides is 1. The molecule has 3 N–H and O–H groups in total. The molecule has 0 aromatic heterocycles. The van der Waals surface area contributed by atoms with Crippen molar-refractivity contribution in [3.05, 3.63) is 35.4 Å². The molecule has 0 aliphatic heterocycles. The van der Waals surface area contributed by atoms with Gasteiger partial charge < -0.3 is 16.0 Å². The number of hydrogen-bond donors (Lipinski definition) is 2. The SMILES string of the molecule is CNC(=O)/C(=N/OC)c1ccccc1/C(C)=N/N.[V]. The Kier molecular flexibility index (Phi) is 7.56. The van der Waals surface area contributed by atoms with Gasteiger partial charge in [-0.15, -0.1) is 0 Å². The van der Waals surface area contributed by atoms with Crippen molar-refractivity contribution in [3.63, 3.8) is 0 Å². The van der Waals surface area contributed by atoms with Gasteiger partial charge in [-0.2, -0.15) is 5.10 Å². The van der Waals surface area contributed by atoms with Crippen molar-refractivity contribution in [2.45, 2.75) is 6.92 Å². The van der Waals surface area contributed by atoms with Gasteiger partial charge in [-0.05, 0) is 6.92 Å². The van der Waals surface area contributed by atoms with Crippen molar-refractivity contribution in [2.24, 2.45) is 16.1 Å². The van der Waals surface area contributed by atoms with Gasteiger partial charge in [0.2, 0.25) is 0 Å². The molecule has 1 radical (unpaired) electrons. The van der Waals surface area contributed by atoms with E-state index in [1.54, 1.807) is 19.1 Å². The Bertz CT molecular complexity index is 500. The van der Waals surface area contributed by atoms with Crippen molar-refractivity contribution in [1.82, 2.24) is 5.32 Å². The van der Waals surface area contributed by atoms with E-state index >= 15 is 0 Å². The molecule has 0 heterocycles. The number of nitrogens with two attached hydrogens (primary N) is 1. The van der Waals surface area contributed by atoms with Gasteiger partial charge in [0, 0.05) is 36.7 Å². The first-order valence-electron chi connectivity index (χ1n) is 5.33. The summed E-state index contributed by atoms with van der Waals surface area (Å²) in [6.45, 7) is 1.76. The van der Waals surface area contributed by atoms with Gasteiger partial charge in [-0.1, -0.05) is 29.4 Å². The molecule has 0 unspecified atom stereocenters. The molecule has 0 saturated heterocycles. The van der Waals surface area contributed by atoms with Crippen LogP contribution in [0.1, 0.15) is 18.1 Å². The number of benzene rings is 1. The predicted molar refractivity (Wildman–Crippen MR) is 70.5 cm³/mol. The molecule has 1 aromatic carbocycles. The number of oxime groups is 1. The van der Waals surface area contributed by atoms with E-state index in [9.17, 15) is 4.79 Å². The van der Waals surface area contributed by atoms with Crippen LogP contribution in [0.25, 0.3) is 0 Å². The number of likely N-dealkylation sites (N-methyl/N-ethyl adjacent to an activating group) is 1. The summed E-state index contributed by atoms with van der Waals surface area (Å²) < 4.78 is 0. The number of nitrogens with one attached hydrogen (secondary N) is 1. The molecule has 6 nitrogen and oxygen atoms in total. The molecule has 0 aliphatic carbocycles. The molecular weight excluding hydrogens is 283 g/mol. The third-order valence-corrected chi connectivity index (χ3v) is 2.39. The smallest absolute Gasteiger partial charge is 0.273 e. The molecule has 0 atom stereocenters. The second-order valence-corrected chi connectivity index (χ2v) is 3.46. The van der Waals surface area contributed by atoms with Gasteiger partial charge >= 0.3 is 0 Å². The van der Waals surface area contributed by atoms with Crippen LogP contribution in [0.15, 0.2) is 34.5 Å². The topological polar surface area (TPSA) is 89.1 Å². The Hall–Kier alpha value is -1.79. The zero-order valence-electron chi connectivity index (χ0n) is 11.0. The van der Waals surface area contributed by atoms with Gasteiger partial charge in [-0.3, -0.25) is 4.79 Å². The molecular formula is C12H16N4O2V. The van der Waals surface area contributed by atoms with Crippen molar-refractivity contribution in [1.29, 1.82) is 0 Å². The molecule has 19 heavy (non-hydrogen) atoms. The summed E-state index contributed by atoms with van der Waals surface area (Å²) in [7, 11) is 2.91. The van der Waals surface area contributed by atoms with Crippen LogP contribution in [0.3, 0.4) is 0 Å². The minimum absolute atomic E-state index is 0. The number of rotatable bonds is 4. The summed E-state index contributed by atoms with van der Waals surface area (Å²) in [5.41, 5.74) is 2.14. The summed E-state index contributed by atoms with van der Waals surface area (Å²) in [5.74, 6) is 4.93. The van der Waals surface area contributed by atoms with Crippen LogP contribution in [0, 0.1) is 0 Å². The van der Waals surface area contributed by atoms with E-state index in [1.807, 2.05) is 12.1 Å². The Balaban J connectivity index is 0.00000324. The Labute approximate surface area is 124 Å². The molecule has 0 spiro atoms. The molecule has 1 rings (SSSR count). The number of hydrogen-bond acceptors (Lipinski definition) is 5. The van der Waals surface area contributed by atoms with Crippen molar-refractivity contribution < 1.29 is 28.2 Å². The molecule has 1 amide bonds. The van der Waals surface area contributed by atoms with Crippen LogP contribution in [-0.4, -0.2) is 31.5 Å². The van der Waals surface area contributed by atoms with Crippen LogP contribution in [0.4, 0.5) is 0 Å². The summed E-state index contributed by atoms with van der Waals surface area (Å²) >= 11 is 0. The second-order valence-electron chi connectivity index (χ2n) is 3.46. The Morgan fingerprint density at radius 3 is 2.37 bits per heavy atom. The van der Waals surface area contributed by atoms with Crippen LogP contribution < -0.4 is 11.2 Å². The predicted octanol–water partition coefficient (Wildman–Crippen LogP) is 0.463. The molecule has 7 heteroatoms. The summed E-state index contributed by atoms with van der Waals surface area (Å²) in [6, 6.07) is 7.21. The average molecular weight is 299 g/mol. The average Bonchev–Trinajstić information content (AvgIpc) is 2.43. The minimum Gasteiger partial charge on any atom is -0.398 e. The number of carbonyl (C=O) groups is 1. The monoisotopic (exact) mass is 299 g/mol. The zero-order valence-corrected chi connectivity index (χ0v) is 12.4. The van der Waals surface area contributed by atoms with Gasteiger partial charge in [0.05, 0.1) is 5.71 Å². The maximum atomic E-state index is 11.8. The van der Waals surface area contributed by atoms with Crippen molar-refractivity contribution in [2.75, 3.05) is 14.2 Å². The largest absolute Gasteiger partial charge is 0.398 e. The summed E-state index contributed by atoms with van der Waals surface area (Å²) in [6.07, 6.45) is 0. The van der Waals surface area contributed by atoms with Gasteiger partial charge in [-0.25, -0.2) is 0 Å². The zero-order chi connectivity index (χ0) is 13.5. The maximum absolute atomic E-state index is 11.8. The first kappa shape index (κ1) is 17.2. The van der Waals surface area contributed by atoms with Crippen molar-refractivity contribution >= 4 is 17.3 Å². The van der Waals surface area contributed by atoms with E-state index in [1.165, 1.54) is 14.2 Å². The van der Waals surface area contributed by atoms with Crippen LogP contribution in [-0.2, 0) is 28.2 Å². The molecule has 0 saturated carbocycles. The quantitative estimate of drug-likeness (QED) is 0.481. The van der Waals surface area contributed by atoms with E-state index in [0.29, 0.717) is 11.3 Å². The summed E-state index contributed by atoms with van der Waals surface area (Å²) in [4.78, 5) is 16.5. The van der Waals surface area contributed by atoms with E-state index in [-0.39, 0.29) is 30.2 Å². The van der Waals surface area contributed by atoms with Crippen LogP contribution >= 0.6 is 0 Å². The second kappa shape index (κ2) is 8.34. The fourth-order valence-corrected chi connectivity index (χ4v) is 1.50. The molecule has 0 fully saturated rings. The summed E-state index contributed by atoms with van der Waals surface area (Å²) in [5, 5.41) is 9.90. The minimum atomic E-state index is -0.339. The Morgan fingerprint density at radius 1 is 1.32 bits per heavy atom. The third-order valence-electron chi connectivity index (χ3n) is 2.39. The van der Waals surface area contributed by atoms with Crippen LogP contribution in [0.5, 0.6) is 0 Å². The maximum Gasteiger partial charge on any atom is 0.273 e. The third kappa shape index (κ3) is 4.12. The van der Waals surface area contributed by atoms with Gasteiger partial charge in [0.25, 0.3) is 5.91 Å². The molecule has 101 valence electrons. The van der Waals surface area contributed by atoms with E-state index in [2.05, 4.69) is 15.6 Å². The number of nitrogens with zero attached hydrogens (tertiary/aromatic N) is 2. The van der Waals surface area contributed by atoms with E-state index in [4.69, 9.17) is 10.7 Å². The number of hydrazone groups is 1. The van der Waals surface area contributed by atoms with Gasteiger partial charge in [0.1, 0.15) is 7.11 Å². The molecule has 0 bridgehead atoms. The fourth-order valence-electron chi connectivity index (χ4n) is 1.50. The first-order chi connectivity index (χ1) is 8.65. The van der Waals surface area contributed by atoms with E-state index in [0.717, 1.165) is 5.56 Å². The van der Waals surface area contributed by atoms with E-state index < -0.39 is 0 Å². The number of carbonyl (C=O) groups excluding carboxylic acids is 1. The van der Waals surface area contributed by atoms with Crippen molar-refractivity contribution in [3.8, 4) is 0 Å². The molecule has 0 aliphatic rings.